The molecule has 0 aliphatic carbocycles. The third-order valence-electron chi connectivity index (χ3n) is 2.96. The van der Waals surface area contributed by atoms with E-state index in [1.165, 1.54) is 19.2 Å². The highest BCUT2D eigenvalue weighted by Crippen LogP contribution is 2.36. The molecule has 0 saturated heterocycles. The van der Waals surface area contributed by atoms with E-state index in [0.717, 1.165) is 10.0 Å². The molecule has 0 aliphatic rings. The zero-order valence-electron chi connectivity index (χ0n) is 10.7. The van der Waals surface area contributed by atoms with Crippen LogP contribution in [0, 0.1) is 5.82 Å². The summed E-state index contributed by atoms with van der Waals surface area (Å²) >= 11 is 9.64. The SMILES string of the molecule is COc1ccc(F)cc1C(NN)c1cccc(Br)c1Cl. The van der Waals surface area contributed by atoms with Gasteiger partial charge >= 0.3 is 0 Å². The number of hydrogen-bond donors (Lipinski definition) is 2. The van der Waals surface area contributed by atoms with Gasteiger partial charge in [-0.05, 0) is 45.8 Å². The number of ether oxygens (including phenoxy) is 1. The Kier molecular flexibility index (Phi) is 4.99. The van der Waals surface area contributed by atoms with Gasteiger partial charge in [0.25, 0.3) is 0 Å². The average Bonchev–Trinajstić information content (AvgIpc) is 2.44. The Labute approximate surface area is 130 Å². The quantitative estimate of drug-likeness (QED) is 0.645. The van der Waals surface area contributed by atoms with Gasteiger partial charge in [-0.2, -0.15) is 0 Å². The largest absolute Gasteiger partial charge is 0.496 e. The summed E-state index contributed by atoms with van der Waals surface area (Å²) < 4.78 is 19.5. The van der Waals surface area contributed by atoms with Gasteiger partial charge in [-0.15, -0.1) is 0 Å². The lowest BCUT2D eigenvalue weighted by atomic mass is 9.98. The van der Waals surface area contributed by atoms with E-state index >= 15 is 0 Å². The van der Waals surface area contributed by atoms with Crippen LogP contribution in [0.3, 0.4) is 0 Å². The Morgan fingerprint density at radius 2 is 2.05 bits per heavy atom. The molecule has 0 fully saturated rings. The molecule has 0 amide bonds. The summed E-state index contributed by atoms with van der Waals surface area (Å²) in [5.41, 5.74) is 3.96. The van der Waals surface area contributed by atoms with Gasteiger partial charge in [0.05, 0.1) is 18.2 Å². The smallest absolute Gasteiger partial charge is 0.124 e. The summed E-state index contributed by atoms with van der Waals surface area (Å²) in [7, 11) is 1.52. The average molecular weight is 360 g/mol. The van der Waals surface area contributed by atoms with Crippen LogP contribution < -0.4 is 16.0 Å². The molecule has 0 spiro atoms. The molecule has 0 aliphatic heterocycles. The minimum absolute atomic E-state index is 0.368. The van der Waals surface area contributed by atoms with Crippen LogP contribution in [0.1, 0.15) is 17.2 Å². The van der Waals surface area contributed by atoms with Crippen molar-refractivity contribution >= 4 is 27.5 Å². The van der Waals surface area contributed by atoms with E-state index in [-0.39, 0.29) is 5.82 Å². The number of nitrogens with two attached hydrogens (primary N) is 1. The highest BCUT2D eigenvalue weighted by Gasteiger charge is 2.21. The Bertz CT molecular complexity index is 624. The maximum absolute atomic E-state index is 13.5. The Morgan fingerprint density at radius 1 is 1.30 bits per heavy atom. The lowest BCUT2D eigenvalue weighted by Gasteiger charge is -2.21. The van der Waals surface area contributed by atoms with E-state index in [1.54, 1.807) is 6.07 Å². The molecule has 0 aromatic heterocycles. The lowest BCUT2D eigenvalue weighted by molar-refractivity contribution is 0.402. The topological polar surface area (TPSA) is 47.3 Å². The number of benzene rings is 2. The number of methoxy groups -OCH3 is 1. The number of rotatable bonds is 4. The van der Waals surface area contributed by atoms with Crippen LogP contribution in [0.4, 0.5) is 4.39 Å². The van der Waals surface area contributed by atoms with Crippen molar-refractivity contribution in [2.45, 2.75) is 6.04 Å². The molecular weight excluding hydrogens is 347 g/mol. The van der Waals surface area contributed by atoms with E-state index in [4.69, 9.17) is 22.2 Å². The zero-order chi connectivity index (χ0) is 14.7. The van der Waals surface area contributed by atoms with Crippen molar-refractivity contribution in [1.29, 1.82) is 0 Å². The second-order valence-electron chi connectivity index (χ2n) is 4.13. The second-order valence-corrected chi connectivity index (χ2v) is 5.36. The van der Waals surface area contributed by atoms with Gasteiger partial charge in [0.2, 0.25) is 0 Å². The molecule has 0 heterocycles. The molecule has 2 aromatic rings. The van der Waals surface area contributed by atoms with Gasteiger partial charge < -0.3 is 4.74 Å². The normalized spacial score (nSPS) is 12.2. The fourth-order valence-electron chi connectivity index (χ4n) is 2.02. The second kappa shape index (κ2) is 6.54. The molecule has 6 heteroatoms. The van der Waals surface area contributed by atoms with Gasteiger partial charge in [0.15, 0.2) is 0 Å². The first-order chi connectivity index (χ1) is 9.58. The van der Waals surface area contributed by atoms with Crippen LogP contribution in [0.2, 0.25) is 5.02 Å². The van der Waals surface area contributed by atoms with Crippen LogP contribution in [0.25, 0.3) is 0 Å². The summed E-state index contributed by atoms with van der Waals surface area (Å²) in [6.07, 6.45) is 0. The fourth-order valence-corrected chi connectivity index (χ4v) is 2.64. The van der Waals surface area contributed by atoms with Crippen molar-refractivity contribution in [2.75, 3.05) is 7.11 Å². The van der Waals surface area contributed by atoms with Crippen molar-refractivity contribution in [3.05, 3.63) is 62.8 Å². The first kappa shape index (κ1) is 15.3. The van der Waals surface area contributed by atoms with Crippen molar-refractivity contribution in [1.82, 2.24) is 5.43 Å². The minimum atomic E-state index is -0.481. The predicted molar refractivity (Wildman–Crippen MR) is 81.3 cm³/mol. The molecule has 3 nitrogen and oxygen atoms in total. The molecule has 0 radical (unpaired) electrons. The summed E-state index contributed by atoms with van der Waals surface area (Å²) in [4.78, 5) is 0. The van der Waals surface area contributed by atoms with E-state index < -0.39 is 6.04 Å². The third kappa shape index (κ3) is 2.96. The molecule has 2 rings (SSSR count). The monoisotopic (exact) mass is 358 g/mol. The van der Waals surface area contributed by atoms with E-state index in [0.29, 0.717) is 16.3 Å². The lowest BCUT2D eigenvalue weighted by Crippen LogP contribution is -2.29. The molecule has 20 heavy (non-hydrogen) atoms. The molecule has 2 aromatic carbocycles. The maximum atomic E-state index is 13.5. The molecule has 106 valence electrons. The molecule has 1 unspecified atom stereocenters. The fraction of sp³-hybridized carbons (Fsp3) is 0.143. The standard InChI is InChI=1S/C14H13BrClFN2O/c1-20-12-6-5-8(17)7-10(12)14(19-18)9-3-2-4-11(15)13(9)16/h2-7,14,19H,18H2,1H3. The molecule has 0 saturated carbocycles. The van der Waals surface area contributed by atoms with Crippen LogP contribution in [-0.2, 0) is 0 Å². The van der Waals surface area contributed by atoms with Crippen molar-refractivity contribution in [2.24, 2.45) is 5.84 Å². The summed E-state index contributed by atoms with van der Waals surface area (Å²) in [5, 5.41) is 0.516. The van der Waals surface area contributed by atoms with Crippen LogP contribution >= 0.6 is 27.5 Å². The Balaban J connectivity index is 2.58. The molecular formula is C14H13BrClFN2O. The summed E-state index contributed by atoms with van der Waals surface area (Å²) in [6.45, 7) is 0. The zero-order valence-corrected chi connectivity index (χ0v) is 13.0. The van der Waals surface area contributed by atoms with Crippen molar-refractivity contribution in [3.8, 4) is 5.75 Å². The van der Waals surface area contributed by atoms with Gasteiger partial charge in [-0.25, -0.2) is 9.82 Å². The Hall–Kier alpha value is -1.14. The van der Waals surface area contributed by atoms with Gasteiger partial charge in [0, 0.05) is 10.0 Å². The van der Waals surface area contributed by atoms with Crippen LogP contribution in [0.5, 0.6) is 5.75 Å². The number of halogens is 3. The van der Waals surface area contributed by atoms with Crippen molar-refractivity contribution < 1.29 is 9.13 Å². The number of hydrogen-bond acceptors (Lipinski definition) is 3. The molecule has 0 bridgehead atoms. The van der Waals surface area contributed by atoms with Gasteiger partial charge in [-0.1, -0.05) is 23.7 Å². The molecule has 1 atom stereocenters. The van der Waals surface area contributed by atoms with Crippen LogP contribution in [-0.4, -0.2) is 7.11 Å². The first-order valence-corrected chi connectivity index (χ1v) is 6.99. The highest BCUT2D eigenvalue weighted by molar-refractivity contribution is 9.10. The van der Waals surface area contributed by atoms with Crippen molar-refractivity contribution in [3.63, 3.8) is 0 Å². The van der Waals surface area contributed by atoms with E-state index in [9.17, 15) is 4.39 Å². The predicted octanol–water partition coefficient (Wildman–Crippen LogP) is 3.80. The van der Waals surface area contributed by atoms with Crippen LogP contribution in [0.15, 0.2) is 40.9 Å². The molecule has 3 N–H and O–H groups in total. The van der Waals surface area contributed by atoms with E-state index in [1.807, 2.05) is 18.2 Å². The highest BCUT2D eigenvalue weighted by atomic mass is 79.9. The van der Waals surface area contributed by atoms with Gasteiger partial charge in [0.1, 0.15) is 11.6 Å². The van der Waals surface area contributed by atoms with E-state index in [2.05, 4.69) is 21.4 Å². The Morgan fingerprint density at radius 3 is 2.70 bits per heavy atom. The third-order valence-corrected chi connectivity index (χ3v) is 4.27. The maximum Gasteiger partial charge on any atom is 0.124 e. The minimum Gasteiger partial charge on any atom is -0.496 e. The first-order valence-electron chi connectivity index (χ1n) is 5.82. The summed E-state index contributed by atoms with van der Waals surface area (Å²) in [5.74, 6) is 5.79. The number of hydrazine groups is 1. The summed E-state index contributed by atoms with van der Waals surface area (Å²) in [6, 6.07) is 9.26. The van der Waals surface area contributed by atoms with Gasteiger partial charge in [-0.3, -0.25) is 5.84 Å². The number of nitrogens with one attached hydrogen (secondary N) is 1.